The number of carbonyl (C=O) groups is 1. The number of hydrogen-bond acceptors (Lipinski definition) is 5. The fourth-order valence-electron chi connectivity index (χ4n) is 2.28. The Kier molecular flexibility index (Phi) is 4.90. The van der Waals surface area contributed by atoms with Crippen LogP contribution in [0.1, 0.15) is 21.7 Å². The first kappa shape index (κ1) is 17.9. The van der Waals surface area contributed by atoms with Crippen LogP contribution in [-0.2, 0) is 21.5 Å². The SMILES string of the molecule is COCn1nc(C)c(S(=O)(=O)Nc2ccc(F)c(C(=O)O)c2)c1C. The predicted octanol–water partition coefficient (Wildman–Crippen LogP) is 1.74. The number of benzene rings is 1. The highest BCUT2D eigenvalue weighted by Crippen LogP contribution is 2.24. The van der Waals surface area contributed by atoms with Gasteiger partial charge in [0.1, 0.15) is 17.4 Å². The number of aryl methyl sites for hydroxylation is 1. The van der Waals surface area contributed by atoms with Crippen molar-refractivity contribution in [2.45, 2.75) is 25.5 Å². The molecular weight excluding hydrogens is 341 g/mol. The molecule has 0 aliphatic carbocycles. The summed E-state index contributed by atoms with van der Waals surface area (Å²) in [6.07, 6.45) is 0. The number of hydrogen-bond donors (Lipinski definition) is 2. The number of aromatic carboxylic acids is 1. The van der Waals surface area contributed by atoms with E-state index in [-0.39, 0.29) is 23.0 Å². The first-order chi connectivity index (χ1) is 11.2. The van der Waals surface area contributed by atoms with Gasteiger partial charge in [-0.15, -0.1) is 0 Å². The number of ether oxygens (including phenoxy) is 1. The van der Waals surface area contributed by atoms with Crippen molar-refractivity contribution >= 4 is 21.7 Å². The Morgan fingerprint density at radius 2 is 2.08 bits per heavy atom. The molecule has 0 fully saturated rings. The summed E-state index contributed by atoms with van der Waals surface area (Å²) >= 11 is 0. The van der Waals surface area contributed by atoms with Gasteiger partial charge in [0.25, 0.3) is 10.0 Å². The highest BCUT2D eigenvalue weighted by Gasteiger charge is 2.25. The zero-order chi connectivity index (χ0) is 18.1. The summed E-state index contributed by atoms with van der Waals surface area (Å²) in [6.45, 7) is 3.18. The molecule has 0 bridgehead atoms. The summed E-state index contributed by atoms with van der Waals surface area (Å²) < 4.78 is 47.1. The third-order valence-corrected chi connectivity index (χ3v) is 4.92. The monoisotopic (exact) mass is 357 g/mol. The van der Waals surface area contributed by atoms with Crippen molar-refractivity contribution in [1.82, 2.24) is 9.78 Å². The molecule has 130 valence electrons. The van der Waals surface area contributed by atoms with Gasteiger partial charge in [0.15, 0.2) is 0 Å². The lowest BCUT2D eigenvalue weighted by molar-refractivity contribution is 0.0692. The number of nitrogens with zero attached hydrogens (tertiary/aromatic N) is 2. The normalized spacial score (nSPS) is 11.5. The molecule has 1 aromatic heterocycles. The van der Waals surface area contributed by atoms with Gasteiger partial charge >= 0.3 is 5.97 Å². The molecule has 0 unspecified atom stereocenters. The number of rotatable bonds is 6. The molecule has 2 N–H and O–H groups in total. The van der Waals surface area contributed by atoms with Crippen LogP contribution in [0.3, 0.4) is 0 Å². The van der Waals surface area contributed by atoms with Crippen LogP contribution in [0.2, 0.25) is 0 Å². The van der Waals surface area contributed by atoms with E-state index in [4.69, 9.17) is 9.84 Å². The number of carboxylic acid groups (broad SMARTS) is 1. The van der Waals surface area contributed by atoms with Gasteiger partial charge in [-0.05, 0) is 32.0 Å². The zero-order valence-corrected chi connectivity index (χ0v) is 14.0. The highest BCUT2D eigenvalue weighted by molar-refractivity contribution is 7.92. The van der Waals surface area contributed by atoms with Crippen LogP contribution < -0.4 is 4.72 Å². The maximum atomic E-state index is 13.4. The number of aromatic nitrogens is 2. The van der Waals surface area contributed by atoms with Crippen LogP contribution >= 0.6 is 0 Å². The van der Waals surface area contributed by atoms with Crippen molar-refractivity contribution in [3.63, 3.8) is 0 Å². The van der Waals surface area contributed by atoms with Crippen molar-refractivity contribution in [2.24, 2.45) is 0 Å². The molecule has 1 heterocycles. The second-order valence-electron chi connectivity index (χ2n) is 5.02. The Labute approximate surface area is 137 Å². The lowest BCUT2D eigenvalue weighted by atomic mass is 10.2. The second kappa shape index (κ2) is 6.57. The fourth-order valence-corrected chi connectivity index (χ4v) is 3.74. The summed E-state index contributed by atoms with van der Waals surface area (Å²) in [5.74, 6) is -2.44. The Balaban J connectivity index is 2.43. The fraction of sp³-hybridized carbons (Fsp3) is 0.286. The molecule has 0 atom stereocenters. The number of methoxy groups -OCH3 is 1. The van der Waals surface area contributed by atoms with E-state index in [9.17, 15) is 17.6 Å². The van der Waals surface area contributed by atoms with Gasteiger partial charge in [0.2, 0.25) is 0 Å². The van der Waals surface area contributed by atoms with E-state index in [0.29, 0.717) is 5.69 Å². The van der Waals surface area contributed by atoms with Crippen molar-refractivity contribution in [3.05, 3.63) is 41.0 Å². The van der Waals surface area contributed by atoms with Gasteiger partial charge in [-0.25, -0.2) is 22.3 Å². The average Bonchev–Trinajstić information content (AvgIpc) is 2.76. The predicted molar refractivity (Wildman–Crippen MR) is 82.9 cm³/mol. The lowest BCUT2D eigenvalue weighted by Gasteiger charge is -2.10. The van der Waals surface area contributed by atoms with E-state index in [1.807, 2.05) is 0 Å². The Morgan fingerprint density at radius 3 is 2.67 bits per heavy atom. The summed E-state index contributed by atoms with van der Waals surface area (Å²) in [7, 11) is -2.58. The standard InChI is InChI=1S/C14H16FN3O5S/c1-8-13(9(2)18(16-8)7-23-3)24(21,22)17-10-4-5-12(15)11(6-10)14(19)20/h4-6,17H,7H2,1-3H3,(H,19,20). The summed E-state index contributed by atoms with van der Waals surface area (Å²) in [5, 5.41) is 13.0. The quantitative estimate of drug-likeness (QED) is 0.815. The Bertz CT molecular complexity index is 892. The van der Waals surface area contributed by atoms with Crippen LogP contribution in [0.4, 0.5) is 10.1 Å². The van der Waals surface area contributed by atoms with Gasteiger partial charge in [-0.3, -0.25) is 4.72 Å². The highest BCUT2D eigenvalue weighted by atomic mass is 32.2. The largest absolute Gasteiger partial charge is 0.478 e. The van der Waals surface area contributed by atoms with Gasteiger partial charge in [-0.2, -0.15) is 5.10 Å². The minimum Gasteiger partial charge on any atom is -0.478 e. The van der Waals surface area contributed by atoms with Crippen molar-refractivity contribution in [2.75, 3.05) is 11.8 Å². The maximum absolute atomic E-state index is 13.4. The first-order valence-corrected chi connectivity index (χ1v) is 8.24. The molecule has 2 aromatic rings. The Morgan fingerprint density at radius 1 is 1.42 bits per heavy atom. The number of nitrogens with one attached hydrogen (secondary N) is 1. The molecule has 24 heavy (non-hydrogen) atoms. The molecule has 8 nitrogen and oxygen atoms in total. The number of anilines is 1. The Hall–Kier alpha value is -2.46. The molecule has 1 aromatic carbocycles. The van der Waals surface area contributed by atoms with Crippen LogP contribution in [0.5, 0.6) is 0 Å². The van der Waals surface area contributed by atoms with E-state index < -0.39 is 27.4 Å². The molecule has 10 heteroatoms. The van der Waals surface area contributed by atoms with Crippen LogP contribution in [0, 0.1) is 19.7 Å². The summed E-state index contributed by atoms with van der Waals surface area (Å²) in [5.41, 5.74) is -0.0640. The second-order valence-corrected chi connectivity index (χ2v) is 6.64. The van der Waals surface area contributed by atoms with Crippen molar-refractivity contribution in [1.29, 1.82) is 0 Å². The lowest BCUT2D eigenvalue weighted by Crippen LogP contribution is -2.16. The summed E-state index contributed by atoms with van der Waals surface area (Å²) in [4.78, 5) is 10.9. The van der Waals surface area contributed by atoms with Gasteiger partial charge in [0, 0.05) is 12.8 Å². The van der Waals surface area contributed by atoms with Gasteiger partial charge in [0.05, 0.1) is 17.0 Å². The molecule has 0 saturated carbocycles. The van der Waals surface area contributed by atoms with Gasteiger partial charge in [-0.1, -0.05) is 0 Å². The van der Waals surface area contributed by atoms with Crippen molar-refractivity contribution in [3.8, 4) is 0 Å². The number of carboxylic acids is 1. The minimum atomic E-state index is -4.03. The van der Waals surface area contributed by atoms with Crippen LogP contribution in [0.25, 0.3) is 0 Å². The summed E-state index contributed by atoms with van der Waals surface area (Å²) in [6, 6.07) is 2.94. The smallest absolute Gasteiger partial charge is 0.338 e. The average molecular weight is 357 g/mol. The third kappa shape index (κ3) is 3.39. The van der Waals surface area contributed by atoms with E-state index in [1.54, 1.807) is 6.92 Å². The van der Waals surface area contributed by atoms with E-state index >= 15 is 0 Å². The van der Waals surface area contributed by atoms with E-state index in [2.05, 4.69) is 9.82 Å². The molecule has 2 rings (SSSR count). The maximum Gasteiger partial charge on any atom is 0.338 e. The zero-order valence-electron chi connectivity index (χ0n) is 13.2. The topological polar surface area (TPSA) is 111 Å². The number of sulfonamides is 1. The van der Waals surface area contributed by atoms with Crippen LogP contribution in [-0.4, -0.2) is 36.4 Å². The minimum absolute atomic E-state index is 0.0410. The van der Waals surface area contributed by atoms with E-state index in [1.165, 1.54) is 18.7 Å². The van der Waals surface area contributed by atoms with Gasteiger partial charge < -0.3 is 9.84 Å². The molecule has 0 spiro atoms. The van der Waals surface area contributed by atoms with Crippen LogP contribution in [0.15, 0.2) is 23.1 Å². The molecule has 0 aliphatic rings. The van der Waals surface area contributed by atoms with E-state index in [0.717, 1.165) is 18.2 Å². The molecule has 0 saturated heterocycles. The third-order valence-electron chi connectivity index (χ3n) is 3.28. The first-order valence-electron chi connectivity index (χ1n) is 6.76. The molecular formula is C14H16FN3O5S. The molecule has 0 radical (unpaired) electrons. The van der Waals surface area contributed by atoms with Crippen molar-refractivity contribution < 1.29 is 27.4 Å². The molecule has 0 amide bonds. The number of halogens is 1. The molecule has 0 aliphatic heterocycles.